The van der Waals surface area contributed by atoms with E-state index in [0.717, 1.165) is 18.3 Å². The van der Waals surface area contributed by atoms with Crippen LogP contribution in [0, 0.1) is 0 Å². The molecule has 0 aliphatic carbocycles. The largest absolute Gasteiger partial charge is 0.484 e. The first kappa shape index (κ1) is 23.4. The van der Waals surface area contributed by atoms with E-state index in [2.05, 4.69) is 14.5 Å². The van der Waals surface area contributed by atoms with E-state index in [9.17, 15) is 34.8 Å². The van der Waals surface area contributed by atoms with E-state index in [-0.39, 0.29) is 11.6 Å². The molecule has 2 rings (SSSR count). The second-order valence-corrected chi connectivity index (χ2v) is 7.26. The van der Waals surface area contributed by atoms with Crippen LogP contribution >= 0.6 is 0 Å². The lowest BCUT2D eigenvalue weighted by Gasteiger charge is -2.16. The molecule has 1 aromatic carbocycles. The van der Waals surface area contributed by atoms with Gasteiger partial charge in [-0.2, -0.15) is 26.3 Å². The third-order valence-corrected chi connectivity index (χ3v) is 4.60. The van der Waals surface area contributed by atoms with Crippen LogP contribution in [0.25, 0.3) is 0 Å². The van der Waals surface area contributed by atoms with E-state index in [1.165, 1.54) is 19.2 Å². The third kappa shape index (κ3) is 7.17. The number of sulfonamides is 1. The molecule has 0 aliphatic heterocycles. The van der Waals surface area contributed by atoms with Crippen LogP contribution in [0.5, 0.6) is 17.4 Å². The summed E-state index contributed by atoms with van der Waals surface area (Å²) >= 11 is 0. The minimum Gasteiger partial charge on any atom is -0.484 e. The van der Waals surface area contributed by atoms with Crippen molar-refractivity contribution < 1.29 is 49.0 Å². The molecule has 0 spiro atoms. The van der Waals surface area contributed by atoms with Crippen LogP contribution in [0.4, 0.5) is 32.0 Å². The first-order valence-corrected chi connectivity index (χ1v) is 9.33. The van der Waals surface area contributed by atoms with Crippen molar-refractivity contribution in [2.75, 3.05) is 25.0 Å². The van der Waals surface area contributed by atoms with Crippen LogP contribution in [0.2, 0.25) is 0 Å². The van der Waals surface area contributed by atoms with Gasteiger partial charge in [-0.3, -0.25) is 4.72 Å². The first-order valence-electron chi connectivity index (χ1n) is 7.85. The van der Waals surface area contributed by atoms with Gasteiger partial charge in [-0.25, -0.2) is 13.4 Å². The number of nitrogens with zero attached hydrogens (tertiary/aromatic N) is 1. The molecular weight excluding hydrogens is 446 g/mol. The Morgan fingerprint density at radius 3 is 2.13 bits per heavy atom. The maximum absolute atomic E-state index is 12.6. The zero-order valence-corrected chi connectivity index (χ0v) is 15.9. The summed E-state index contributed by atoms with van der Waals surface area (Å²) < 4.78 is 115. The van der Waals surface area contributed by atoms with Crippen LogP contribution in [0.15, 0.2) is 41.4 Å². The standard InChI is InChI=1S/C16H14F6N2O5S/c1-27-14-5-2-10(7-23-14)24-30(25,26)13-6-11(28-8-15(17,18)19)3-4-12(13)29-9-16(20,21)22/h2-7,24H,8-9H2,1H3. The average Bonchev–Trinajstić information content (AvgIpc) is 2.64. The molecule has 0 amide bonds. The van der Waals surface area contributed by atoms with Gasteiger partial charge in [0.25, 0.3) is 10.0 Å². The molecule has 1 N–H and O–H groups in total. The predicted octanol–water partition coefficient (Wildman–Crippen LogP) is 3.77. The maximum atomic E-state index is 12.6. The summed E-state index contributed by atoms with van der Waals surface area (Å²) in [5, 5.41) is 0. The summed E-state index contributed by atoms with van der Waals surface area (Å²) in [4.78, 5) is 2.90. The molecule has 1 aromatic heterocycles. The Kier molecular flexibility index (Phi) is 6.90. The van der Waals surface area contributed by atoms with Crippen molar-refractivity contribution in [3.05, 3.63) is 36.5 Å². The van der Waals surface area contributed by atoms with Crippen molar-refractivity contribution >= 4 is 15.7 Å². The molecule has 1 heterocycles. The number of hydrogen-bond acceptors (Lipinski definition) is 6. The summed E-state index contributed by atoms with van der Waals surface area (Å²) in [7, 11) is -3.27. The minimum atomic E-state index is -4.78. The minimum absolute atomic E-state index is 0.0841. The van der Waals surface area contributed by atoms with E-state index < -0.39 is 52.0 Å². The lowest BCUT2D eigenvalue weighted by atomic mass is 10.3. The van der Waals surface area contributed by atoms with Crippen LogP contribution in [-0.2, 0) is 10.0 Å². The monoisotopic (exact) mass is 460 g/mol. The van der Waals surface area contributed by atoms with E-state index in [4.69, 9.17) is 4.74 Å². The Morgan fingerprint density at radius 1 is 0.967 bits per heavy atom. The van der Waals surface area contributed by atoms with Crippen molar-refractivity contribution in [3.8, 4) is 17.4 Å². The SMILES string of the molecule is COc1ccc(NS(=O)(=O)c2cc(OCC(F)(F)F)ccc2OCC(F)(F)F)cn1. The van der Waals surface area contributed by atoms with Crippen molar-refractivity contribution in [3.63, 3.8) is 0 Å². The van der Waals surface area contributed by atoms with Crippen LogP contribution in [0.3, 0.4) is 0 Å². The molecule has 0 saturated heterocycles. The van der Waals surface area contributed by atoms with Crippen molar-refractivity contribution in [2.45, 2.75) is 17.2 Å². The number of methoxy groups -OCH3 is 1. The second-order valence-electron chi connectivity index (χ2n) is 5.61. The van der Waals surface area contributed by atoms with Gasteiger partial charge in [-0.05, 0) is 18.2 Å². The summed E-state index contributed by atoms with van der Waals surface area (Å²) in [5.41, 5.74) is -0.0841. The van der Waals surface area contributed by atoms with E-state index in [1.807, 2.05) is 4.72 Å². The van der Waals surface area contributed by atoms with E-state index in [1.54, 1.807) is 0 Å². The number of rotatable bonds is 8. The Hall–Kier alpha value is -2.90. The molecule has 0 atom stereocenters. The quantitative estimate of drug-likeness (QED) is 0.604. The van der Waals surface area contributed by atoms with Crippen molar-refractivity contribution in [2.24, 2.45) is 0 Å². The van der Waals surface area contributed by atoms with E-state index >= 15 is 0 Å². The molecule has 7 nitrogen and oxygen atoms in total. The fourth-order valence-electron chi connectivity index (χ4n) is 2.00. The highest BCUT2D eigenvalue weighted by atomic mass is 32.2. The molecule has 0 bridgehead atoms. The maximum Gasteiger partial charge on any atom is 0.422 e. The molecule has 14 heteroatoms. The third-order valence-electron chi connectivity index (χ3n) is 3.20. The number of anilines is 1. The predicted molar refractivity (Wildman–Crippen MR) is 91.1 cm³/mol. The number of pyridine rings is 1. The zero-order chi connectivity index (χ0) is 22.6. The summed E-state index contributed by atoms with van der Waals surface area (Å²) in [6.45, 7) is -3.55. The zero-order valence-electron chi connectivity index (χ0n) is 15.0. The Bertz CT molecular complexity index is 962. The molecule has 0 radical (unpaired) electrons. The Morgan fingerprint density at radius 2 is 1.60 bits per heavy atom. The lowest BCUT2D eigenvalue weighted by molar-refractivity contribution is -0.154. The van der Waals surface area contributed by atoms with Gasteiger partial charge in [0.15, 0.2) is 13.2 Å². The van der Waals surface area contributed by atoms with Crippen molar-refractivity contribution in [1.82, 2.24) is 4.98 Å². The molecule has 0 fully saturated rings. The Balaban J connectivity index is 2.37. The molecule has 0 aliphatic rings. The van der Waals surface area contributed by atoms with Crippen LogP contribution < -0.4 is 18.9 Å². The average molecular weight is 460 g/mol. The number of alkyl halides is 6. The van der Waals surface area contributed by atoms with Gasteiger partial charge < -0.3 is 14.2 Å². The fourth-order valence-corrected chi connectivity index (χ4v) is 3.21. The van der Waals surface area contributed by atoms with E-state index in [0.29, 0.717) is 6.07 Å². The fraction of sp³-hybridized carbons (Fsp3) is 0.312. The highest BCUT2D eigenvalue weighted by Crippen LogP contribution is 2.32. The normalized spacial score (nSPS) is 12.4. The smallest absolute Gasteiger partial charge is 0.422 e. The molecule has 0 unspecified atom stereocenters. The van der Waals surface area contributed by atoms with Gasteiger partial charge in [-0.1, -0.05) is 0 Å². The number of hydrogen-bond donors (Lipinski definition) is 1. The lowest BCUT2D eigenvalue weighted by Crippen LogP contribution is -2.22. The van der Waals surface area contributed by atoms with Gasteiger partial charge in [-0.15, -0.1) is 0 Å². The highest BCUT2D eigenvalue weighted by Gasteiger charge is 2.31. The number of ether oxygens (including phenoxy) is 3. The first-order chi connectivity index (χ1) is 13.8. The number of benzene rings is 1. The highest BCUT2D eigenvalue weighted by molar-refractivity contribution is 7.92. The van der Waals surface area contributed by atoms with Gasteiger partial charge in [0.05, 0.1) is 19.0 Å². The molecule has 30 heavy (non-hydrogen) atoms. The summed E-state index contributed by atoms with van der Waals surface area (Å²) in [6, 6.07) is 4.80. The van der Waals surface area contributed by atoms with Gasteiger partial charge in [0.1, 0.15) is 16.4 Å². The molecule has 2 aromatic rings. The number of nitrogens with one attached hydrogen (secondary N) is 1. The summed E-state index contributed by atoms with van der Waals surface area (Å²) in [6.07, 6.45) is -8.42. The molecule has 0 saturated carbocycles. The van der Waals surface area contributed by atoms with Crippen LogP contribution in [-0.4, -0.2) is 46.1 Å². The van der Waals surface area contributed by atoms with Gasteiger partial charge in [0.2, 0.25) is 5.88 Å². The van der Waals surface area contributed by atoms with Crippen molar-refractivity contribution in [1.29, 1.82) is 0 Å². The number of aromatic nitrogens is 1. The van der Waals surface area contributed by atoms with Gasteiger partial charge >= 0.3 is 12.4 Å². The summed E-state index contributed by atoms with van der Waals surface area (Å²) in [5.74, 6) is -1.12. The second kappa shape index (κ2) is 8.85. The van der Waals surface area contributed by atoms with Gasteiger partial charge in [0, 0.05) is 12.1 Å². The number of halogens is 6. The molecular formula is C16H14F6N2O5S. The topological polar surface area (TPSA) is 86.8 Å². The molecule has 166 valence electrons. The van der Waals surface area contributed by atoms with Crippen LogP contribution in [0.1, 0.15) is 0 Å². The Labute approximate surface area is 166 Å².